The molecule has 10 heteroatoms. The number of aryl methyl sites for hydroxylation is 2. The first-order chi connectivity index (χ1) is 18.7. The smallest absolute Gasteiger partial charge is 0.323 e. The predicted molar refractivity (Wildman–Crippen MR) is 150 cm³/mol. The van der Waals surface area contributed by atoms with E-state index in [4.69, 9.17) is 9.26 Å². The fourth-order valence-corrected chi connectivity index (χ4v) is 5.65. The number of rotatable bonds is 8. The monoisotopic (exact) mass is 541 g/mol. The van der Waals surface area contributed by atoms with Crippen LogP contribution in [-0.2, 0) is 0 Å². The van der Waals surface area contributed by atoms with Crippen LogP contribution in [0.15, 0.2) is 22.7 Å². The fraction of sp³-hybridized carbons (Fsp3) is 0.621. The third-order valence-electron chi connectivity index (χ3n) is 7.98. The van der Waals surface area contributed by atoms with E-state index in [-0.39, 0.29) is 30.6 Å². The van der Waals surface area contributed by atoms with Gasteiger partial charge in [0.1, 0.15) is 23.2 Å². The van der Waals surface area contributed by atoms with Crippen molar-refractivity contribution >= 4 is 23.3 Å². The van der Waals surface area contributed by atoms with Crippen LogP contribution in [-0.4, -0.2) is 77.4 Å². The first kappa shape index (κ1) is 28.9. The van der Waals surface area contributed by atoms with Crippen molar-refractivity contribution in [3.8, 4) is 5.75 Å². The second-order valence-corrected chi connectivity index (χ2v) is 11.3. The molecule has 3 amide bonds. The zero-order valence-electron chi connectivity index (χ0n) is 23.8. The van der Waals surface area contributed by atoms with Crippen molar-refractivity contribution in [1.82, 2.24) is 15.0 Å². The molecular weight excluding hydrogens is 498 g/mol. The van der Waals surface area contributed by atoms with Crippen LogP contribution in [0.5, 0.6) is 5.75 Å². The molecule has 1 aromatic carbocycles. The summed E-state index contributed by atoms with van der Waals surface area (Å²) in [5.74, 6) is 1.53. The van der Waals surface area contributed by atoms with E-state index in [2.05, 4.69) is 34.7 Å². The number of hydrogen-bond acceptors (Lipinski definition) is 7. The zero-order chi connectivity index (χ0) is 28.1. The van der Waals surface area contributed by atoms with Gasteiger partial charge in [-0.3, -0.25) is 4.79 Å². The molecular formula is C29H43N5O5. The Labute approximate surface area is 231 Å². The molecule has 3 atom stereocenters. The third kappa shape index (κ3) is 7.10. The second-order valence-electron chi connectivity index (χ2n) is 11.3. The minimum Gasteiger partial charge on any atom is -0.488 e. The van der Waals surface area contributed by atoms with Crippen LogP contribution in [0.1, 0.15) is 67.8 Å². The molecule has 2 aliphatic rings. The number of anilines is 2. The summed E-state index contributed by atoms with van der Waals surface area (Å²) in [5.41, 5.74) is 1.89. The van der Waals surface area contributed by atoms with Crippen LogP contribution >= 0.6 is 0 Å². The maximum Gasteiger partial charge on any atom is 0.323 e. The van der Waals surface area contributed by atoms with Gasteiger partial charge in [-0.15, -0.1) is 0 Å². The van der Waals surface area contributed by atoms with Gasteiger partial charge in [0.15, 0.2) is 5.76 Å². The SMILES string of the molecule is Cc1noc(C)c1NC(=O)Nc1ccc2c(c1)C(=O)N([C@H](C)CO)C[C@@H](C)[C@@H](CN(C)CC1CCCCC1)O2. The number of carbonyl (C=O) groups excluding carboxylic acids is 2. The van der Waals surface area contributed by atoms with Gasteiger partial charge >= 0.3 is 6.03 Å². The molecule has 1 aliphatic heterocycles. The van der Waals surface area contributed by atoms with Crippen LogP contribution in [0, 0.1) is 25.7 Å². The highest BCUT2D eigenvalue weighted by molar-refractivity contribution is 6.03. The predicted octanol–water partition coefficient (Wildman–Crippen LogP) is 4.67. The van der Waals surface area contributed by atoms with Gasteiger partial charge in [0.25, 0.3) is 5.91 Å². The summed E-state index contributed by atoms with van der Waals surface area (Å²) in [6.45, 7) is 9.52. The molecule has 3 N–H and O–H groups in total. The molecule has 2 heterocycles. The molecule has 0 saturated heterocycles. The molecule has 0 unspecified atom stereocenters. The highest BCUT2D eigenvalue weighted by Gasteiger charge is 2.34. The number of nitrogens with one attached hydrogen (secondary N) is 2. The molecule has 1 fully saturated rings. The van der Waals surface area contributed by atoms with Crippen LogP contribution in [0.25, 0.3) is 0 Å². The van der Waals surface area contributed by atoms with E-state index in [0.29, 0.717) is 40.7 Å². The van der Waals surface area contributed by atoms with E-state index in [1.165, 1.54) is 32.1 Å². The van der Waals surface area contributed by atoms with Gasteiger partial charge in [0.05, 0.1) is 18.2 Å². The topological polar surface area (TPSA) is 120 Å². The lowest BCUT2D eigenvalue weighted by molar-refractivity contribution is 0.0330. The van der Waals surface area contributed by atoms with Gasteiger partial charge < -0.3 is 34.8 Å². The van der Waals surface area contributed by atoms with Crippen LogP contribution in [0.4, 0.5) is 16.2 Å². The number of hydrogen-bond donors (Lipinski definition) is 3. The van der Waals surface area contributed by atoms with Crippen molar-refractivity contribution in [2.45, 2.75) is 71.9 Å². The number of urea groups is 1. The summed E-state index contributed by atoms with van der Waals surface area (Å²) in [4.78, 5) is 30.5. The first-order valence-corrected chi connectivity index (χ1v) is 14.1. The summed E-state index contributed by atoms with van der Waals surface area (Å²) >= 11 is 0. The van der Waals surface area contributed by atoms with Gasteiger partial charge in [-0.2, -0.15) is 0 Å². The fourth-order valence-electron chi connectivity index (χ4n) is 5.65. The highest BCUT2D eigenvalue weighted by Crippen LogP contribution is 2.31. The minimum absolute atomic E-state index is 0.0588. The van der Waals surface area contributed by atoms with Crippen molar-refractivity contribution in [3.05, 3.63) is 35.2 Å². The summed E-state index contributed by atoms with van der Waals surface area (Å²) in [6.07, 6.45) is 6.38. The maximum atomic E-state index is 13.7. The standard InChI is InChI=1S/C29H43N5O5/c1-18-14-34(19(2)17-35)28(36)24-13-23(30-29(37)31-27-20(3)32-39-21(27)4)11-12-25(24)38-26(18)16-33(5)15-22-9-7-6-8-10-22/h11-13,18-19,22,26,35H,6-10,14-17H2,1-5H3,(H2,30,31,37)/t18-,19-,26-/m1/s1. The Morgan fingerprint density at radius 1 is 1.21 bits per heavy atom. The van der Waals surface area contributed by atoms with Crippen molar-refractivity contribution in [2.75, 3.05) is 43.9 Å². The number of aliphatic hydroxyl groups is 1. The van der Waals surface area contributed by atoms with Crippen molar-refractivity contribution in [1.29, 1.82) is 0 Å². The van der Waals surface area contributed by atoms with Gasteiger partial charge in [-0.25, -0.2) is 4.79 Å². The lowest BCUT2D eigenvalue weighted by Gasteiger charge is -2.38. The highest BCUT2D eigenvalue weighted by atomic mass is 16.5. The van der Waals surface area contributed by atoms with E-state index in [0.717, 1.165) is 19.0 Å². The third-order valence-corrected chi connectivity index (χ3v) is 7.98. The molecule has 39 heavy (non-hydrogen) atoms. The van der Waals surface area contributed by atoms with Crippen LogP contribution in [0.2, 0.25) is 0 Å². The largest absolute Gasteiger partial charge is 0.488 e. The number of benzene rings is 1. The Kier molecular flexibility index (Phi) is 9.50. The normalized spacial score (nSPS) is 21.1. The molecule has 2 aromatic rings. The van der Waals surface area contributed by atoms with Gasteiger partial charge in [0.2, 0.25) is 0 Å². The van der Waals surface area contributed by atoms with Crippen molar-refractivity contribution < 1.29 is 24.0 Å². The molecule has 1 aromatic heterocycles. The Morgan fingerprint density at radius 3 is 2.62 bits per heavy atom. The Hall–Kier alpha value is -3.11. The van der Waals surface area contributed by atoms with E-state index < -0.39 is 6.03 Å². The number of carbonyl (C=O) groups is 2. The Balaban J connectivity index is 1.54. The number of ether oxygens (including phenoxy) is 1. The maximum absolute atomic E-state index is 13.7. The van der Waals surface area contributed by atoms with E-state index in [9.17, 15) is 14.7 Å². The molecule has 214 valence electrons. The number of aromatic nitrogens is 1. The average molecular weight is 542 g/mol. The van der Waals surface area contributed by atoms with Gasteiger partial charge in [-0.05, 0) is 64.8 Å². The van der Waals surface area contributed by atoms with Crippen LogP contribution in [0.3, 0.4) is 0 Å². The van der Waals surface area contributed by atoms with Gasteiger partial charge in [0, 0.05) is 31.2 Å². The zero-order valence-corrected chi connectivity index (χ0v) is 23.8. The second kappa shape index (κ2) is 12.8. The number of aliphatic hydroxyl groups excluding tert-OH is 1. The summed E-state index contributed by atoms with van der Waals surface area (Å²) < 4.78 is 11.6. The molecule has 0 radical (unpaired) electrons. The molecule has 1 saturated carbocycles. The van der Waals surface area contributed by atoms with E-state index >= 15 is 0 Å². The lowest BCUT2D eigenvalue weighted by atomic mass is 9.89. The average Bonchev–Trinajstić information content (AvgIpc) is 3.23. The molecule has 1 aliphatic carbocycles. The van der Waals surface area contributed by atoms with E-state index in [1.54, 1.807) is 36.9 Å². The summed E-state index contributed by atoms with van der Waals surface area (Å²) in [7, 11) is 2.15. The van der Waals surface area contributed by atoms with Gasteiger partial charge in [-0.1, -0.05) is 31.3 Å². The molecule has 0 bridgehead atoms. The van der Waals surface area contributed by atoms with E-state index in [1.807, 2.05) is 6.92 Å². The van der Waals surface area contributed by atoms with Crippen LogP contribution < -0.4 is 15.4 Å². The Morgan fingerprint density at radius 2 is 1.95 bits per heavy atom. The lowest BCUT2D eigenvalue weighted by Crippen LogP contribution is -2.50. The molecule has 4 rings (SSSR count). The number of likely N-dealkylation sites (N-methyl/N-ethyl adjacent to an activating group) is 1. The quantitative estimate of drug-likeness (QED) is 0.444. The molecule has 0 spiro atoms. The summed E-state index contributed by atoms with van der Waals surface area (Å²) in [6, 6.07) is 4.28. The molecule has 10 nitrogen and oxygen atoms in total. The number of fused-ring (bicyclic) bond motifs is 1. The summed E-state index contributed by atoms with van der Waals surface area (Å²) in [5, 5.41) is 19.3. The first-order valence-electron chi connectivity index (χ1n) is 14.1. The number of amides is 3. The van der Waals surface area contributed by atoms with Crippen molar-refractivity contribution in [3.63, 3.8) is 0 Å². The minimum atomic E-state index is -0.472. The van der Waals surface area contributed by atoms with Crippen molar-refractivity contribution in [2.24, 2.45) is 11.8 Å². The number of nitrogens with zero attached hydrogens (tertiary/aromatic N) is 3. The Bertz CT molecular complexity index is 1130.